The fourth-order valence-electron chi connectivity index (χ4n) is 2.87. The van der Waals surface area contributed by atoms with Gasteiger partial charge in [-0.2, -0.15) is 0 Å². The van der Waals surface area contributed by atoms with Gasteiger partial charge in [0.2, 0.25) is 0 Å². The summed E-state index contributed by atoms with van der Waals surface area (Å²) in [6, 6.07) is 6.59. The van der Waals surface area contributed by atoms with Crippen LogP contribution in [0, 0.1) is 12.3 Å². The zero-order chi connectivity index (χ0) is 17.1. The summed E-state index contributed by atoms with van der Waals surface area (Å²) >= 11 is 0. The third-order valence-electron chi connectivity index (χ3n) is 4.04. The molecule has 7 heteroatoms. The van der Waals surface area contributed by atoms with E-state index < -0.39 is 11.8 Å². The molecular weight excluding hydrogens is 306 g/mol. The molecule has 0 radical (unpaired) electrons. The molecule has 2 aromatic rings. The van der Waals surface area contributed by atoms with Crippen LogP contribution >= 0.6 is 0 Å². The third kappa shape index (κ3) is 2.99. The topological polar surface area (TPSA) is 80.1 Å². The van der Waals surface area contributed by atoms with Gasteiger partial charge in [-0.15, -0.1) is 16.6 Å². The lowest BCUT2D eigenvalue weighted by atomic mass is 10.2. The molecule has 7 nitrogen and oxygen atoms in total. The number of nitrogens with zero attached hydrogens (tertiary/aromatic N) is 4. The average Bonchev–Trinajstić information content (AvgIpc) is 3.22. The molecular formula is C17H17N5O2. The van der Waals surface area contributed by atoms with Crippen molar-refractivity contribution in [3.63, 3.8) is 0 Å². The first-order chi connectivity index (χ1) is 11.6. The van der Waals surface area contributed by atoms with Crippen molar-refractivity contribution in [1.82, 2.24) is 19.7 Å². The van der Waals surface area contributed by atoms with Crippen molar-refractivity contribution in [3.8, 4) is 12.3 Å². The van der Waals surface area contributed by atoms with Crippen molar-refractivity contribution >= 4 is 17.5 Å². The monoisotopic (exact) mass is 323 g/mol. The van der Waals surface area contributed by atoms with Crippen molar-refractivity contribution < 1.29 is 9.59 Å². The molecule has 24 heavy (non-hydrogen) atoms. The highest BCUT2D eigenvalue weighted by Crippen LogP contribution is 2.30. The number of amides is 2. The minimum atomic E-state index is -0.682. The van der Waals surface area contributed by atoms with E-state index in [1.165, 1.54) is 0 Å². The SMILES string of the molecule is C#Cc1cccc(NC(=O)C(=O)N2CCC[C@@H]2c2nncn2C)c1. The zero-order valence-electron chi connectivity index (χ0n) is 13.3. The van der Waals surface area contributed by atoms with Crippen molar-refractivity contribution in [2.24, 2.45) is 7.05 Å². The van der Waals surface area contributed by atoms with Gasteiger partial charge >= 0.3 is 11.8 Å². The van der Waals surface area contributed by atoms with E-state index in [0.717, 1.165) is 12.8 Å². The highest BCUT2D eigenvalue weighted by atomic mass is 16.2. The molecule has 1 aromatic carbocycles. The van der Waals surface area contributed by atoms with Crippen LogP contribution in [0.5, 0.6) is 0 Å². The highest BCUT2D eigenvalue weighted by Gasteiger charge is 2.35. The number of hydrogen-bond acceptors (Lipinski definition) is 4. The molecule has 122 valence electrons. The molecule has 0 spiro atoms. The predicted molar refractivity (Wildman–Crippen MR) is 87.7 cm³/mol. The van der Waals surface area contributed by atoms with Crippen LogP contribution in [0.25, 0.3) is 0 Å². The second-order valence-electron chi connectivity index (χ2n) is 5.64. The summed E-state index contributed by atoms with van der Waals surface area (Å²) in [6.45, 7) is 0.522. The maximum atomic E-state index is 12.5. The summed E-state index contributed by atoms with van der Waals surface area (Å²) in [4.78, 5) is 26.4. The normalized spacial score (nSPS) is 16.7. The molecule has 1 aliphatic heterocycles. The van der Waals surface area contributed by atoms with E-state index in [0.29, 0.717) is 23.6 Å². The Morgan fingerprint density at radius 3 is 2.96 bits per heavy atom. The molecule has 1 aliphatic rings. The Kier molecular flexibility index (Phi) is 4.29. The highest BCUT2D eigenvalue weighted by molar-refractivity contribution is 6.39. The van der Waals surface area contributed by atoms with E-state index in [1.54, 1.807) is 40.1 Å². The number of benzene rings is 1. The first-order valence-electron chi connectivity index (χ1n) is 7.62. The molecule has 2 heterocycles. The Bertz CT molecular complexity index is 820. The molecule has 1 aromatic heterocycles. The lowest BCUT2D eigenvalue weighted by Crippen LogP contribution is -2.39. The van der Waals surface area contributed by atoms with Crippen molar-refractivity contribution in [1.29, 1.82) is 0 Å². The fourth-order valence-corrected chi connectivity index (χ4v) is 2.87. The standard InChI is InChI=1S/C17H17N5O2/c1-3-12-6-4-7-13(10-12)19-16(23)17(24)22-9-5-8-14(22)15-20-18-11-21(15)2/h1,4,6-7,10-11,14H,5,8-9H2,2H3,(H,19,23)/t14-/m1/s1. The number of anilines is 1. The van der Waals surface area contributed by atoms with Crippen LogP contribution in [-0.2, 0) is 16.6 Å². The zero-order valence-corrected chi connectivity index (χ0v) is 13.3. The van der Waals surface area contributed by atoms with E-state index in [2.05, 4.69) is 21.4 Å². The van der Waals surface area contributed by atoms with Gasteiger partial charge in [0.05, 0.1) is 6.04 Å². The number of carbonyl (C=O) groups excluding carboxylic acids is 2. The van der Waals surface area contributed by atoms with Crippen LogP contribution in [0.2, 0.25) is 0 Å². The summed E-state index contributed by atoms with van der Waals surface area (Å²) in [7, 11) is 1.82. The third-order valence-corrected chi connectivity index (χ3v) is 4.04. The van der Waals surface area contributed by atoms with Gasteiger partial charge in [0, 0.05) is 24.8 Å². The number of likely N-dealkylation sites (tertiary alicyclic amines) is 1. The molecule has 2 amide bonds. The Morgan fingerprint density at radius 2 is 2.25 bits per heavy atom. The Hall–Kier alpha value is -3.14. The molecule has 1 N–H and O–H groups in total. The van der Waals surface area contributed by atoms with Gasteiger partial charge in [-0.3, -0.25) is 9.59 Å². The van der Waals surface area contributed by atoms with E-state index in [4.69, 9.17) is 6.42 Å². The summed E-state index contributed by atoms with van der Waals surface area (Å²) in [5.74, 6) is 1.92. The summed E-state index contributed by atoms with van der Waals surface area (Å²) in [5.41, 5.74) is 1.14. The van der Waals surface area contributed by atoms with Crippen LogP contribution in [0.1, 0.15) is 30.3 Å². The smallest absolute Gasteiger partial charge is 0.313 e. The van der Waals surface area contributed by atoms with Gasteiger partial charge in [-0.05, 0) is 31.0 Å². The summed E-state index contributed by atoms with van der Waals surface area (Å²) in [5, 5.41) is 10.5. The first-order valence-corrected chi connectivity index (χ1v) is 7.62. The van der Waals surface area contributed by atoms with Gasteiger partial charge in [-0.25, -0.2) is 0 Å². The number of aromatic nitrogens is 3. The maximum Gasteiger partial charge on any atom is 0.313 e. The second kappa shape index (κ2) is 6.54. The van der Waals surface area contributed by atoms with Gasteiger partial charge < -0.3 is 14.8 Å². The average molecular weight is 323 g/mol. The molecule has 0 saturated carbocycles. The molecule has 1 fully saturated rings. The number of aryl methyl sites for hydroxylation is 1. The van der Waals surface area contributed by atoms with Crippen LogP contribution in [0.3, 0.4) is 0 Å². The fraction of sp³-hybridized carbons (Fsp3) is 0.294. The number of terminal acetylenes is 1. The number of hydrogen-bond donors (Lipinski definition) is 1. The Morgan fingerprint density at radius 1 is 1.42 bits per heavy atom. The predicted octanol–water partition coefficient (Wildman–Crippen LogP) is 1.10. The first kappa shape index (κ1) is 15.7. The van der Waals surface area contributed by atoms with Gasteiger partial charge in [-0.1, -0.05) is 12.0 Å². The molecule has 1 saturated heterocycles. The Balaban J connectivity index is 1.74. The minimum Gasteiger partial charge on any atom is -0.324 e. The molecule has 3 rings (SSSR count). The molecule has 1 atom stereocenters. The molecule has 0 bridgehead atoms. The second-order valence-corrected chi connectivity index (χ2v) is 5.64. The summed E-state index contributed by atoms with van der Waals surface area (Å²) < 4.78 is 1.77. The van der Waals surface area contributed by atoms with Crippen LogP contribution < -0.4 is 5.32 Å². The van der Waals surface area contributed by atoms with E-state index in [9.17, 15) is 9.59 Å². The van der Waals surface area contributed by atoms with Gasteiger partial charge in [0.15, 0.2) is 5.82 Å². The van der Waals surface area contributed by atoms with E-state index in [1.807, 2.05) is 7.05 Å². The van der Waals surface area contributed by atoms with Crippen LogP contribution in [0.15, 0.2) is 30.6 Å². The van der Waals surface area contributed by atoms with Crippen LogP contribution in [0.4, 0.5) is 5.69 Å². The largest absolute Gasteiger partial charge is 0.324 e. The maximum absolute atomic E-state index is 12.5. The molecule has 0 unspecified atom stereocenters. The minimum absolute atomic E-state index is 0.229. The van der Waals surface area contributed by atoms with Crippen molar-refractivity contribution in [3.05, 3.63) is 42.0 Å². The number of nitrogens with one attached hydrogen (secondary N) is 1. The van der Waals surface area contributed by atoms with Crippen molar-refractivity contribution in [2.75, 3.05) is 11.9 Å². The lowest BCUT2D eigenvalue weighted by Gasteiger charge is -2.23. The number of rotatable bonds is 2. The van der Waals surface area contributed by atoms with Crippen molar-refractivity contribution in [2.45, 2.75) is 18.9 Å². The van der Waals surface area contributed by atoms with Crippen LogP contribution in [-0.4, -0.2) is 38.0 Å². The number of carbonyl (C=O) groups is 2. The quantitative estimate of drug-likeness (QED) is 0.663. The molecule has 0 aliphatic carbocycles. The Labute approximate surface area is 139 Å². The summed E-state index contributed by atoms with van der Waals surface area (Å²) in [6.07, 6.45) is 8.51. The van der Waals surface area contributed by atoms with E-state index >= 15 is 0 Å². The van der Waals surface area contributed by atoms with Gasteiger partial charge in [0.25, 0.3) is 0 Å². The van der Waals surface area contributed by atoms with Gasteiger partial charge in [0.1, 0.15) is 6.33 Å². The van der Waals surface area contributed by atoms with E-state index in [-0.39, 0.29) is 6.04 Å². The lowest BCUT2D eigenvalue weighted by molar-refractivity contribution is -0.143.